The summed E-state index contributed by atoms with van der Waals surface area (Å²) in [6.45, 7) is 10.1. The minimum atomic E-state index is 0.0433. The van der Waals surface area contributed by atoms with E-state index in [0.717, 1.165) is 24.6 Å². The van der Waals surface area contributed by atoms with Gasteiger partial charge in [0, 0.05) is 18.0 Å². The predicted octanol–water partition coefficient (Wildman–Crippen LogP) is 4.62. The second kappa shape index (κ2) is 5.64. The minimum Gasteiger partial charge on any atom is -0.487 e. The molecule has 21 heavy (non-hydrogen) atoms. The van der Waals surface area contributed by atoms with Crippen LogP contribution in [0.25, 0.3) is 0 Å². The summed E-state index contributed by atoms with van der Waals surface area (Å²) in [5.74, 6) is 2.59. The molecule has 2 heteroatoms. The maximum atomic E-state index is 6.61. The lowest BCUT2D eigenvalue weighted by Crippen LogP contribution is -2.51. The van der Waals surface area contributed by atoms with Crippen LogP contribution in [0.15, 0.2) is 18.2 Å². The Morgan fingerprint density at radius 1 is 1.33 bits per heavy atom. The highest BCUT2D eigenvalue weighted by Crippen LogP contribution is 2.49. The van der Waals surface area contributed by atoms with Gasteiger partial charge in [0.2, 0.25) is 0 Å². The number of benzene rings is 1. The second-order valence-electron chi connectivity index (χ2n) is 7.30. The maximum absolute atomic E-state index is 6.61. The Morgan fingerprint density at radius 3 is 2.86 bits per heavy atom. The first kappa shape index (κ1) is 14.9. The van der Waals surface area contributed by atoms with Gasteiger partial charge in [-0.25, -0.2) is 0 Å². The lowest BCUT2D eigenvalue weighted by molar-refractivity contribution is -0.0551. The van der Waals surface area contributed by atoms with E-state index in [2.05, 4.69) is 51.2 Å². The molecule has 1 aliphatic heterocycles. The van der Waals surface area contributed by atoms with Gasteiger partial charge in [0.25, 0.3) is 0 Å². The van der Waals surface area contributed by atoms with Crippen molar-refractivity contribution in [2.24, 2.45) is 11.8 Å². The Kier molecular flexibility index (Phi) is 4.00. The summed E-state index contributed by atoms with van der Waals surface area (Å²) in [7, 11) is 0. The third-order valence-electron chi connectivity index (χ3n) is 5.57. The first-order valence-corrected chi connectivity index (χ1v) is 8.57. The van der Waals surface area contributed by atoms with Crippen molar-refractivity contribution < 1.29 is 4.74 Å². The van der Waals surface area contributed by atoms with Gasteiger partial charge in [-0.1, -0.05) is 38.5 Å². The van der Waals surface area contributed by atoms with Gasteiger partial charge in [-0.2, -0.15) is 0 Å². The van der Waals surface area contributed by atoms with Crippen molar-refractivity contribution in [1.29, 1.82) is 0 Å². The summed E-state index contributed by atoms with van der Waals surface area (Å²) in [4.78, 5) is 0. The topological polar surface area (TPSA) is 21.3 Å². The smallest absolute Gasteiger partial charge is 0.124 e. The molecule has 2 aliphatic rings. The molecule has 4 unspecified atom stereocenters. The van der Waals surface area contributed by atoms with Crippen molar-refractivity contribution in [2.75, 3.05) is 6.54 Å². The Hall–Kier alpha value is -1.02. The fraction of sp³-hybridized carbons (Fsp3) is 0.684. The number of hydrogen-bond donors (Lipinski definition) is 1. The molecular formula is C19H29NO. The molecule has 3 rings (SSSR count). The molecule has 0 amide bonds. The highest BCUT2D eigenvalue weighted by atomic mass is 16.5. The van der Waals surface area contributed by atoms with Crippen LogP contribution >= 0.6 is 0 Å². The summed E-state index contributed by atoms with van der Waals surface area (Å²) in [6, 6.07) is 7.10. The molecule has 1 aromatic rings. The van der Waals surface area contributed by atoms with Gasteiger partial charge in [0.1, 0.15) is 11.4 Å². The van der Waals surface area contributed by atoms with E-state index in [0.29, 0.717) is 12.0 Å². The van der Waals surface area contributed by atoms with Crippen LogP contribution in [-0.4, -0.2) is 12.1 Å². The first-order chi connectivity index (χ1) is 10.0. The lowest BCUT2D eigenvalue weighted by Gasteiger charge is -2.49. The molecule has 0 aromatic heterocycles. The van der Waals surface area contributed by atoms with Gasteiger partial charge in [-0.3, -0.25) is 0 Å². The number of aryl methyl sites for hydroxylation is 1. The minimum absolute atomic E-state index is 0.0433. The summed E-state index contributed by atoms with van der Waals surface area (Å²) >= 11 is 0. The van der Waals surface area contributed by atoms with Crippen LogP contribution in [0.4, 0.5) is 0 Å². The van der Waals surface area contributed by atoms with E-state index < -0.39 is 0 Å². The number of rotatable bonds is 2. The van der Waals surface area contributed by atoms with Gasteiger partial charge in [-0.15, -0.1) is 0 Å². The third-order valence-corrected chi connectivity index (χ3v) is 5.57. The molecule has 2 nitrogen and oxygen atoms in total. The average Bonchev–Trinajstić information content (AvgIpc) is 2.45. The average molecular weight is 287 g/mol. The molecule has 1 aliphatic carbocycles. The maximum Gasteiger partial charge on any atom is 0.124 e. The van der Waals surface area contributed by atoms with E-state index in [1.54, 1.807) is 0 Å². The highest BCUT2D eigenvalue weighted by Gasteiger charge is 2.47. The van der Waals surface area contributed by atoms with Gasteiger partial charge in [-0.05, 0) is 50.6 Å². The number of nitrogens with one attached hydrogen (secondary N) is 1. The van der Waals surface area contributed by atoms with Crippen LogP contribution in [0.1, 0.15) is 63.6 Å². The molecule has 1 aromatic carbocycles. The first-order valence-electron chi connectivity index (χ1n) is 8.57. The SMILES string of the molecule is CCNC1CC2(CCC(C)CC2C)Oc2ccc(C)cc21. The number of hydrogen-bond acceptors (Lipinski definition) is 2. The molecule has 1 N–H and O–H groups in total. The summed E-state index contributed by atoms with van der Waals surface area (Å²) < 4.78 is 6.61. The summed E-state index contributed by atoms with van der Waals surface area (Å²) in [6.07, 6.45) is 4.90. The number of fused-ring (bicyclic) bond motifs is 1. The van der Waals surface area contributed by atoms with E-state index in [4.69, 9.17) is 4.74 Å². The molecule has 1 fully saturated rings. The lowest BCUT2D eigenvalue weighted by atomic mass is 9.68. The van der Waals surface area contributed by atoms with E-state index in [9.17, 15) is 0 Å². The predicted molar refractivity (Wildman–Crippen MR) is 87.8 cm³/mol. The zero-order chi connectivity index (χ0) is 15.0. The molecule has 0 saturated heterocycles. The normalized spacial score (nSPS) is 35.3. The van der Waals surface area contributed by atoms with Crippen molar-refractivity contribution in [3.63, 3.8) is 0 Å². The fourth-order valence-corrected chi connectivity index (χ4v) is 4.31. The quantitative estimate of drug-likeness (QED) is 0.856. The Bertz CT molecular complexity index is 512. The summed E-state index contributed by atoms with van der Waals surface area (Å²) in [5.41, 5.74) is 2.72. The Morgan fingerprint density at radius 2 is 2.14 bits per heavy atom. The third kappa shape index (κ3) is 2.70. The van der Waals surface area contributed by atoms with Crippen molar-refractivity contribution in [3.05, 3.63) is 29.3 Å². The zero-order valence-electron chi connectivity index (χ0n) is 13.9. The Labute approximate surface area is 129 Å². The van der Waals surface area contributed by atoms with Crippen LogP contribution in [0.5, 0.6) is 5.75 Å². The molecule has 1 heterocycles. The summed E-state index contributed by atoms with van der Waals surface area (Å²) in [5, 5.41) is 3.69. The van der Waals surface area contributed by atoms with Gasteiger partial charge < -0.3 is 10.1 Å². The van der Waals surface area contributed by atoms with Crippen molar-refractivity contribution in [3.8, 4) is 5.75 Å². The van der Waals surface area contributed by atoms with Crippen LogP contribution in [0.3, 0.4) is 0 Å². The van der Waals surface area contributed by atoms with E-state index in [1.807, 2.05) is 0 Å². The molecule has 1 saturated carbocycles. The fourth-order valence-electron chi connectivity index (χ4n) is 4.31. The highest BCUT2D eigenvalue weighted by molar-refractivity contribution is 5.42. The van der Waals surface area contributed by atoms with Crippen LogP contribution < -0.4 is 10.1 Å². The number of ether oxygens (including phenoxy) is 1. The standard InChI is InChI=1S/C19H29NO/c1-5-20-17-12-19(9-8-14(3)10-15(19)4)21-18-7-6-13(2)11-16(17)18/h6-7,11,14-15,17,20H,5,8-10,12H2,1-4H3. The second-order valence-corrected chi connectivity index (χ2v) is 7.30. The molecular weight excluding hydrogens is 258 g/mol. The van der Waals surface area contributed by atoms with Crippen molar-refractivity contribution in [2.45, 2.75) is 65.0 Å². The van der Waals surface area contributed by atoms with Crippen LogP contribution in [-0.2, 0) is 0 Å². The van der Waals surface area contributed by atoms with Gasteiger partial charge in [0.15, 0.2) is 0 Å². The molecule has 0 radical (unpaired) electrons. The van der Waals surface area contributed by atoms with Gasteiger partial charge in [0.05, 0.1) is 0 Å². The van der Waals surface area contributed by atoms with E-state index in [-0.39, 0.29) is 5.60 Å². The Balaban J connectivity index is 1.95. The molecule has 1 spiro atoms. The zero-order valence-corrected chi connectivity index (χ0v) is 13.9. The van der Waals surface area contributed by atoms with Crippen LogP contribution in [0.2, 0.25) is 0 Å². The van der Waals surface area contributed by atoms with Crippen molar-refractivity contribution >= 4 is 0 Å². The van der Waals surface area contributed by atoms with Gasteiger partial charge >= 0.3 is 0 Å². The monoisotopic (exact) mass is 287 g/mol. The van der Waals surface area contributed by atoms with Crippen LogP contribution in [0, 0.1) is 18.8 Å². The molecule has 116 valence electrons. The van der Waals surface area contributed by atoms with Crippen molar-refractivity contribution in [1.82, 2.24) is 5.32 Å². The van der Waals surface area contributed by atoms with E-state index in [1.165, 1.54) is 30.4 Å². The largest absolute Gasteiger partial charge is 0.487 e. The molecule has 0 bridgehead atoms. The molecule has 4 atom stereocenters. The van der Waals surface area contributed by atoms with E-state index >= 15 is 0 Å².